The molecule has 0 spiro atoms. The third-order valence-corrected chi connectivity index (χ3v) is 3.90. The van der Waals surface area contributed by atoms with Gasteiger partial charge < -0.3 is 19.2 Å². The van der Waals surface area contributed by atoms with Crippen molar-refractivity contribution >= 4 is 17.6 Å². The van der Waals surface area contributed by atoms with Gasteiger partial charge in [0.2, 0.25) is 0 Å². The number of carbonyl (C=O) groups is 2. The highest BCUT2D eigenvalue weighted by Gasteiger charge is 2.11. The zero-order valence-corrected chi connectivity index (χ0v) is 15.0. The summed E-state index contributed by atoms with van der Waals surface area (Å²) in [6.45, 7) is 3.76. The van der Waals surface area contributed by atoms with Crippen molar-refractivity contribution in [3.63, 3.8) is 0 Å². The first kappa shape index (κ1) is 18.3. The van der Waals surface area contributed by atoms with Crippen LogP contribution in [0.3, 0.4) is 0 Å². The van der Waals surface area contributed by atoms with E-state index in [9.17, 15) is 9.59 Å². The molecule has 0 aliphatic heterocycles. The van der Waals surface area contributed by atoms with E-state index in [0.717, 1.165) is 11.1 Å². The molecule has 0 bridgehead atoms. The van der Waals surface area contributed by atoms with Crippen LogP contribution in [-0.4, -0.2) is 18.5 Å². The van der Waals surface area contributed by atoms with Gasteiger partial charge in [-0.2, -0.15) is 0 Å². The van der Waals surface area contributed by atoms with Gasteiger partial charge in [0.1, 0.15) is 11.5 Å². The Balaban J connectivity index is 1.56. The number of amides is 1. The Hall–Kier alpha value is -3.54. The second kappa shape index (κ2) is 8.23. The topological polar surface area (TPSA) is 77.8 Å². The Morgan fingerprint density at radius 1 is 0.963 bits per heavy atom. The predicted octanol–water partition coefficient (Wildman–Crippen LogP) is 4.13. The highest BCUT2D eigenvalue weighted by Crippen LogP contribution is 2.19. The molecule has 138 valence electrons. The Bertz CT molecular complexity index is 947. The number of ether oxygens (including phenoxy) is 2. The lowest BCUT2D eigenvalue weighted by atomic mass is 10.1. The summed E-state index contributed by atoms with van der Waals surface area (Å²) in [5.41, 5.74) is 2.72. The van der Waals surface area contributed by atoms with Gasteiger partial charge in [-0.1, -0.05) is 12.1 Å². The van der Waals surface area contributed by atoms with Gasteiger partial charge in [-0.15, -0.1) is 0 Å². The maximum atomic E-state index is 12.0. The van der Waals surface area contributed by atoms with Crippen LogP contribution in [0, 0.1) is 13.8 Å². The molecule has 27 heavy (non-hydrogen) atoms. The Labute approximate surface area is 156 Å². The molecule has 2 aromatic carbocycles. The van der Waals surface area contributed by atoms with Gasteiger partial charge >= 0.3 is 5.97 Å². The molecular formula is C21H19NO5. The standard InChI is InChI=1S/C21H19NO5/c1-14-8-9-17(11-15(14)2)26-13-20(23)27-18-6-3-5-16(12-18)22-21(24)19-7-4-10-25-19/h3-12H,13H2,1-2H3,(H,22,24). The molecule has 3 rings (SSSR count). The van der Waals surface area contributed by atoms with Crippen molar-refractivity contribution in [3.05, 3.63) is 77.7 Å². The summed E-state index contributed by atoms with van der Waals surface area (Å²) in [5, 5.41) is 2.67. The highest BCUT2D eigenvalue weighted by atomic mass is 16.6. The summed E-state index contributed by atoms with van der Waals surface area (Å²) >= 11 is 0. The molecule has 0 saturated heterocycles. The second-order valence-corrected chi connectivity index (χ2v) is 5.97. The van der Waals surface area contributed by atoms with Gasteiger partial charge in [0.25, 0.3) is 5.91 Å². The summed E-state index contributed by atoms with van der Waals surface area (Å²) in [6.07, 6.45) is 1.42. The largest absolute Gasteiger partial charge is 0.482 e. The van der Waals surface area contributed by atoms with E-state index in [1.807, 2.05) is 26.0 Å². The van der Waals surface area contributed by atoms with E-state index in [1.54, 1.807) is 42.5 Å². The molecular weight excluding hydrogens is 346 g/mol. The van der Waals surface area contributed by atoms with Crippen molar-refractivity contribution in [1.29, 1.82) is 0 Å². The summed E-state index contributed by atoms with van der Waals surface area (Å²) < 4.78 is 15.8. The normalized spacial score (nSPS) is 10.3. The fraction of sp³-hybridized carbons (Fsp3) is 0.143. The van der Waals surface area contributed by atoms with Crippen LogP contribution in [-0.2, 0) is 4.79 Å². The molecule has 3 aromatic rings. The van der Waals surface area contributed by atoms with Crippen molar-refractivity contribution in [2.75, 3.05) is 11.9 Å². The Morgan fingerprint density at radius 3 is 2.56 bits per heavy atom. The van der Waals surface area contributed by atoms with Gasteiger partial charge in [-0.3, -0.25) is 4.79 Å². The summed E-state index contributed by atoms with van der Waals surface area (Å²) in [6, 6.07) is 15.3. The quantitative estimate of drug-likeness (QED) is 0.525. The Kier molecular flexibility index (Phi) is 5.56. The van der Waals surface area contributed by atoms with Gasteiger partial charge in [0.05, 0.1) is 6.26 Å². The first-order valence-corrected chi connectivity index (χ1v) is 8.37. The minimum atomic E-state index is -0.539. The number of nitrogens with one attached hydrogen (secondary N) is 1. The summed E-state index contributed by atoms with van der Waals surface area (Å²) in [5.74, 6) is 0.180. The molecule has 6 nitrogen and oxygen atoms in total. The average molecular weight is 365 g/mol. The predicted molar refractivity (Wildman–Crippen MR) is 100 cm³/mol. The van der Waals surface area contributed by atoms with E-state index in [2.05, 4.69) is 5.32 Å². The monoisotopic (exact) mass is 365 g/mol. The lowest BCUT2D eigenvalue weighted by Crippen LogP contribution is -2.18. The smallest absolute Gasteiger partial charge is 0.349 e. The number of benzene rings is 2. The molecule has 0 aliphatic carbocycles. The third kappa shape index (κ3) is 4.98. The van der Waals surface area contributed by atoms with Crippen molar-refractivity contribution in [2.24, 2.45) is 0 Å². The van der Waals surface area contributed by atoms with Gasteiger partial charge in [-0.05, 0) is 61.4 Å². The first-order valence-electron chi connectivity index (χ1n) is 8.37. The summed E-state index contributed by atoms with van der Waals surface area (Å²) in [4.78, 5) is 24.0. The minimum absolute atomic E-state index is 0.194. The molecule has 0 saturated carbocycles. The van der Waals surface area contributed by atoms with Crippen LogP contribution in [0.1, 0.15) is 21.7 Å². The fourth-order valence-electron chi connectivity index (χ4n) is 2.34. The number of carbonyl (C=O) groups excluding carboxylic acids is 2. The molecule has 0 atom stereocenters. The number of anilines is 1. The van der Waals surface area contributed by atoms with Crippen molar-refractivity contribution in [3.8, 4) is 11.5 Å². The van der Waals surface area contributed by atoms with Gasteiger partial charge in [0, 0.05) is 11.8 Å². The van der Waals surface area contributed by atoms with E-state index >= 15 is 0 Å². The molecule has 1 N–H and O–H groups in total. The van der Waals surface area contributed by atoms with Crippen molar-refractivity contribution in [2.45, 2.75) is 13.8 Å². The number of furan rings is 1. The number of hydrogen-bond acceptors (Lipinski definition) is 5. The lowest BCUT2D eigenvalue weighted by Gasteiger charge is -2.09. The molecule has 0 radical (unpaired) electrons. The van der Waals surface area contributed by atoms with E-state index in [1.165, 1.54) is 6.26 Å². The van der Waals surface area contributed by atoms with Gasteiger partial charge in [0.15, 0.2) is 12.4 Å². The first-order chi connectivity index (χ1) is 13.0. The average Bonchev–Trinajstić information content (AvgIpc) is 3.18. The van der Waals surface area contributed by atoms with Crippen molar-refractivity contribution < 1.29 is 23.5 Å². The van der Waals surface area contributed by atoms with Crippen LogP contribution in [0.2, 0.25) is 0 Å². The van der Waals surface area contributed by atoms with Crippen molar-refractivity contribution in [1.82, 2.24) is 0 Å². The molecule has 0 unspecified atom stereocenters. The van der Waals surface area contributed by atoms with Crippen LogP contribution >= 0.6 is 0 Å². The van der Waals surface area contributed by atoms with Crippen LogP contribution < -0.4 is 14.8 Å². The van der Waals surface area contributed by atoms with Crippen LogP contribution in [0.5, 0.6) is 11.5 Å². The van der Waals surface area contributed by atoms with Crippen LogP contribution in [0.25, 0.3) is 0 Å². The second-order valence-electron chi connectivity index (χ2n) is 5.97. The van der Waals surface area contributed by atoms with E-state index in [-0.39, 0.29) is 18.3 Å². The number of hydrogen-bond donors (Lipinski definition) is 1. The minimum Gasteiger partial charge on any atom is -0.482 e. The highest BCUT2D eigenvalue weighted by molar-refractivity contribution is 6.02. The summed E-state index contributed by atoms with van der Waals surface area (Å²) in [7, 11) is 0. The number of esters is 1. The van der Waals surface area contributed by atoms with Gasteiger partial charge in [-0.25, -0.2) is 4.79 Å². The maximum Gasteiger partial charge on any atom is 0.349 e. The molecule has 6 heteroatoms. The molecule has 0 aliphatic rings. The molecule has 1 heterocycles. The zero-order valence-electron chi connectivity index (χ0n) is 15.0. The maximum absolute atomic E-state index is 12.0. The molecule has 1 aromatic heterocycles. The van der Waals surface area contributed by atoms with E-state index < -0.39 is 5.97 Å². The van der Waals surface area contributed by atoms with E-state index in [0.29, 0.717) is 17.2 Å². The van der Waals surface area contributed by atoms with Crippen LogP contribution in [0.4, 0.5) is 5.69 Å². The van der Waals surface area contributed by atoms with E-state index in [4.69, 9.17) is 13.9 Å². The number of rotatable bonds is 6. The fourth-order valence-corrected chi connectivity index (χ4v) is 2.34. The molecule has 0 fully saturated rings. The van der Waals surface area contributed by atoms with Crippen LogP contribution in [0.15, 0.2) is 65.3 Å². The third-order valence-electron chi connectivity index (χ3n) is 3.90. The zero-order chi connectivity index (χ0) is 19.2. The molecule has 1 amide bonds. The SMILES string of the molecule is Cc1ccc(OCC(=O)Oc2cccc(NC(=O)c3ccco3)c2)cc1C. The Morgan fingerprint density at radius 2 is 1.81 bits per heavy atom. The number of aryl methyl sites for hydroxylation is 2. The lowest BCUT2D eigenvalue weighted by molar-refractivity contribution is -0.136.